The highest BCUT2D eigenvalue weighted by Gasteiger charge is 2.25. The van der Waals surface area contributed by atoms with Gasteiger partial charge in [-0.15, -0.1) is 0 Å². The summed E-state index contributed by atoms with van der Waals surface area (Å²) < 4.78 is 0. The number of benzene rings is 1. The maximum atomic E-state index is 12.2. The van der Waals surface area contributed by atoms with Gasteiger partial charge in [-0.05, 0) is 45.9 Å². The molecule has 0 heterocycles. The molecule has 0 spiro atoms. The SMILES string of the molecule is C[C@H](C(=O)Nc1cccc(Cl)c1)[NH+](C)CC(=O)NC(C)(C)C. The van der Waals surface area contributed by atoms with E-state index in [1.165, 1.54) is 0 Å². The molecule has 1 aromatic carbocycles. The number of hydrogen-bond acceptors (Lipinski definition) is 2. The van der Waals surface area contributed by atoms with Gasteiger partial charge in [0.1, 0.15) is 0 Å². The molecule has 1 aromatic rings. The number of anilines is 1. The van der Waals surface area contributed by atoms with Crippen molar-refractivity contribution in [2.75, 3.05) is 18.9 Å². The highest BCUT2D eigenvalue weighted by Crippen LogP contribution is 2.14. The monoisotopic (exact) mass is 326 g/mol. The van der Waals surface area contributed by atoms with Crippen molar-refractivity contribution >= 4 is 29.1 Å². The molecule has 0 saturated heterocycles. The van der Waals surface area contributed by atoms with Gasteiger partial charge >= 0.3 is 0 Å². The van der Waals surface area contributed by atoms with Crippen LogP contribution in [0.15, 0.2) is 24.3 Å². The molecule has 0 aliphatic heterocycles. The molecular weight excluding hydrogens is 302 g/mol. The quantitative estimate of drug-likeness (QED) is 0.758. The summed E-state index contributed by atoms with van der Waals surface area (Å²) in [6.07, 6.45) is 0. The second-order valence-corrected chi connectivity index (χ2v) is 6.98. The van der Waals surface area contributed by atoms with Crippen LogP contribution in [0.1, 0.15) is 27.7 Å². The average molecular weight is 327 g/mol. The first-order valence-electron chi connectivity index (χ1n) is 7.28. The summed E-state index contributed by atoms with van der Waals surface area (Å²) in [7, 11) is 1.82. The van der Waals surface area contributed by atoms with Crippen LogP contribution < -0.4 is 15.5 Å². The standard InChI is InChI=1S/C16H24ClN3O2/c1-11(20(5)10-14(21)19-16(2,3)4)15(22)18-13-8-6-7-12(17)9-13/h6-9,11H,10H2,1-5H3,(H,18,22)(H,19,21)/p+1/t11-/m1/s1. The maximum absolute atomic E-state index is 12.2. The van der Waals surface area contributed by atoms with E-state index < -0.39 is 0 Å². The lowest BCUT2D eigenvalue weighted by Gasteiger charge is -2.24. The van der Waals surface area contributed by atoms with Crippen LogP contribution in [-0.4, -0.2) is 37.0 Å². The minimum absolute atomic E-state index is 0.0765. The van der Waals surface area contributed by atoms with Crippen LogP contribution in [-0.2, 0) is 9.59 Å². The summed E-state index contributed by atoms with van der Waals surface area (Å²) >= 11 is 5.89. The summed E-state index contributed by atoms with van der Waals surface area (Å²) in [4.78, 5) is 25.0. The Morgan fingerprint density at radius 1 is 1.32 bits per heavy atom. The number of nitrogens with one attached hydrogen (secondary N) is 3. The smallest absolute Gasteiger partial charge is 0.282 e. The lowest BCUT2D eigenvalue weighted by molar-refractivity contribution is -0.885. The van der Waals surface area contributed by atoms with Gasteiger partial charge < -0.3 is 15.5 Å². The van der Waals surface area contributed by atoms with Crippen molar-refractivity contribution in [3.05, 3.63) is 29.3 Å². The van der Waals surface area contributed by atoms with Crippen molar-refractivity contribution in [2.45, 2.75) is 39.3 Å². The zero-order valence-electron chi connectivity index (χ0n) is 13.8. The molecule has 0 radical (unpaired) electrons. The predicted octanol–water partition coefficient (Wildman–Crippen LogP) is 1.10. The predicted molar refractivity (Wildman–Crippen MR) is 89.2 cm³/mol. The van der Waals surface area contributed by atoms with E-state index in [4.69, 9.17) is 11.6 Å². The second kappa shape index (κ2) is 7.61. The van der Waals surface area contributed by atoms with E-state index in [2.05, 4.69) is 10.6 Å². The third-order valence-electron chi connectivity index (χ3n) is 3.18. The third-order valence-corrected chi connectivity index (χ3v) is 3.41. The minimum Gasteiger partial charge on any atom is -0.347 e. The Labute approximate surface area is 137 Å². The number of amides is 2. The van der Waals surface area contributed by atoms with E-state index in [0.29, 0.717) is 10.7 Å². The first-order chi connectivity index (χ1) is 10.1. The van der Waals surface area contributed by atoms with Crippen LogP contribution in [0.4, 0.5) is 5.69 Å². The summed E-state index contributed by atoms with van der Waals surface area (Å²) in [5, 5.41) is 6.27. The van der Waals surface area contributed by atoms with Crippen molar-refractivity contribution < 1.29 is 14.5 Å². The summed E-state index contributed by atoms with van der Waals surface area (Å²) in [5.74, 6) is -0.226. The van der Waals surface area contributed by atoms with Gasteiger partial charge in [-0.1, -0.05) is 17.7 Å². The van der Waals surface area contributed by atoms with Crippen molar-refractivity contribution in [1.29, 1.82) is 0 Å². The molecule has 0 aliphatic rings. The molecule has 1 unspecified atom stereocenters. The van der Waals surface area contributed by atoms with E-state index >= 15 is 0 Å². The van der Waals surface area contributed by atoms with Gasteiger partial charge in [0.25, 0.3) is 11.8 Å². The molecule has 3 N–H and O–H groups in total. The second-order valence-electron chi connectivity index (χ2n) is 6.54. The van der Waals surface area contributed by atoms with Crippen LogP contribution in [0, 0.1) is 0 Å². The number of carbonyl (C=O) groups is 2. The molecule has 0 aromatic heterocycles. The van der Waals surface area contributed by atoms with E-state index in [0.717, 1.165) is 4.90 Å². The van der Waals surface area contributed by atoms with Gasteiger partial charge in [-0.3, -0.25) is 9.59 Å². The van der Waals surface area contributed by atoms with Crippen molar-refractivity contribution in [1.82, 2.24) is 5.32 Å². The zero-order chi connectivity index (χ0) is 16.9. The van der Waals surface area contributed by atoms with E-state index in [9.17, 15) is 9.59 Å². The molecule has 0 saturated carbocycles. The largest absolute Gasteiger partial charge is 0.347 e. The van der Waals surface area contributed by atoms with Crippen molar-refractivity contribution in [3.8, 4) is 0 Å². The summed E-state index contributed by atoms with van der Waals surface area (Å²) in [6, 6.07) is 6.63. The van der Waals surface area contributed by atoms with Gasteiger partial charge in [-0.2, -0.15) is 0 Å². The van der Waals surface area contributed by atoms with Crippen molar-refractivity contribution in [2.24, 2.45) is 0 Å². The summed E-state index contributed by atoms with van der Waals surface area (Å²) in [5.41, 5.74) is 0.375. The fourth-order valence-electron chi connectivity index (χ4n) is 1.91. The molecular formula is C16H25ClN3O2+. The molecule has 1 rings (SSSR count). The number of quaternary nitrogens is 1. The first kappa shape index (κ1) is 18.5. The molecule has 6 heteroatoms. The number of halogens is 1. The summed E-state index contributed by atoms with van der Waals surface area (Å²) in [6.45, 7) is 7.81. The zero-order valence-corrected chi connectivity index (χ0v) is 14.5. The van der Waals surface area contributed by atoms with Crippen LogP contribution >= 0.6 is 11.6 Å². The number of likely N-dealkylation sites (N-methyl/N-ethyl adjacent to an activating group) is 1. The molecule has 5 nitrogen and oxygen atoms in total. The number of rotatable bonds is 5. The Morgan fingerprint density at radius 2 is 1.95 bits per heavy atom. The van der Waals surface area contributed by atoms with Crippen LogP contribution in [0.2, 0.25) is 5.02 Å². The van der Waals surface area contributed by atoms with Crippen LogP contribution in [0.25, 0.3) is 0 Å². The molecule has 0 bridgehead atoms. The normalized spacial score (nSPS) is 14.1. The van der Waals surface area contributed by atoms with Crippen LogP contribution in [0.5, 0.6) is 0 Å². The Morgan fingerprint density at radius 3 is 2.50 bits per heavy atom. The lowest BCUT2D eigenvalue weighted by Crippen LogP contribution is -3.15. The highest BCUT2D eigenvalue weighted by atomic mass is 35.5. The first-order valence-corrected chi connectivity index (χ1v) is 7.66. The lowest BCUT2D eigenvalue weighted by atomic mass is 10.1. The molecule has 0 aliphatic carbocycles. The van der Waals surface area contributed by atoms with Gasteiger partial charge in [0.05, 0.1) is 7.05 Å². The highest BCUT2D eigenvalue weighted by molar-refractivity contribution is 6.30. The Kier molecular flexibility index (Phi) is 6.38. The van der Waals surface area contributed by atoms with Gasteiger partial charge in [0.2, 0.25) is 0 Å². The topological polar surface area (TPSA) is 62.6 Å². The molecule has 2 amide bonds. The fourth-order valence-corrected chi connectivity index (χ4v) is 2.10. The molecule has 22 heavy (non-hydrogen) atoms. The Balaban J connectivity index is 2.57. The molecule has 122 valence electrons. The fraction of sp³-hybridized carbons (Fsp3) is 0.500. The van der Waals surface area contributed by atoms with Gasteiger partial charge in [0, 0.05) is 16.2 Å². The molecule has 0 fully saturated rings. The Hall–Kier alpha value is -1.59. The van der Waals surface area contributed by atoms with Crippen LogP contribution in [0.3, 0.4) is 0 Å². The average Bonchev–Trinajstić information content (AvgIpc) is 2.35. The maximum Gasteiger partial charge on any atom is 0.282 e. The minimum atomic E-state index is -0.357. The van der Waals surface area contributed by atoms with Gasteiger partial charge in [-0.25, -0.2) is 0 Å². The van der Waals surface area contributed by atoms with Crippen molar-refractivity contribution in [3.63, 3.8) is 0 Å². The van der Waals surface area contributed by atoms with E-state index in [-0.39, 0.29) is 29.9 Å². The van der Waals surface area contributed by atoms with Gasteiger partial charge in [0.15, 0.2) is 12.6 Å². The molecule has 2 atom stereocenters. The third kappa shape index (κ3) is 6.45. The Bertz CT molecular complexity index is 540. The number of carbonyl (C=O) groups excluding carboxylic acids is 2. The van der Waals surface area contributed by atoms with E-state index in [1.807, 2.05) is 27.8 Å². The number of hydrogen-bond donors (Lipinski definition) is 3. The van der Waals surface area contributed by atoms with E-state index in [1.54, 1.807) is 31.2 Å².